The van der Waals surface area contributed by atoms with Crippen molar-refractivity contribution in [1.29, 1.82) is 0 Å². The third-order valence-corrected chi connectivity index (χ3v) is 4.18. The molecule has 1 N–H and O–H groups in total. The first-order valence-corrected chi connectivity index (χ1v) is 8.03. The average molecular weight is 355 g/mol. The summed E-state index contributed by atoms with van der Waals surface area (Å²) in [5, 5.41) is 11.4. The largest absolute Gasteiger partial charge is 0.366 e. The van der Waals surface area contributed by atoms with Crippen molar-refractivity contribution in [3.05, 3.63) is 50.8 Å². The third kappa shape index (κ3) is 4.56. The number of carbonyl (C=O) groups is 1. The van der Waals surface area contributed by atoms with Crippen LogP contribution in [0, 0.1) is 10.1 Å². The molecule has 7 heteroatoms. The first-order valence-electron chi connectivity index (χ1n) is 7.28. The summed E-state index contributed by atoms with van der Waals surface area (Å²) in [4.78, 5) is 23.7. The lowest BCUT2D eigenvalue weighted by atomic mass is 10.00. The van der Waals surface area contributed by atoms with E-state index in [1.54, 1.807) is 24.5 Å². The molecule has 5 nitrogen and oxygen atoms in total. The van der Waals surface area contributed by atoms with Gasteiger partial charge in [-0.3, -0.25) is 14.9 Å². The van der Waals surface area contributed by atoms with Gasteiger partial charge in [-0.2, -0.15) is 0 Å². The van der Waals surface area contributed by atoms with Crippen LogP contribution in [0.25, 0.3) is 11.1 Å². The lowest BCUT2D eigenvalue weighted by molar-refractivity contribution is -0.384. The number of ketones is 1. The van der Waals surface area contributed by atoms with E-state index in [1.165, 1.54) is 12.5 Å². The van der Waals surface area contributed by atoms with Gasteiger partial charge in [-0.15, -0.1) is 0 Å². The Morgan fingerprint density at radius 2 is 1.70 bits per heavy atom. The van der Waals surface area contributed by atoms with Crippen molar-refractivity contribution in [1.82, 2.24) is 4.98 Å². The Morgan fingerprint density at radius 3 is 2.17 bits per heavy atom. The Hall–Kier alpha value is -1.85. The number of hydrogen-bond acceptors (Lipinski definition) is 3. The van der Waals surface area contributed by atoms with Crippen LogP contribution in [-0.2, 0) is 4.79 Å². The van der Waals surface area contributed by atoms with Gasteiger partial charge in [0.2, 0.25) is 0 Å². The normalized spacial score (nSPS) is 14.1. The molecule has 1 heterocycles. The molecule has 0 atom stereocenters. The molecule has 1 aliphatic rings. The van der Waals surface area contributed by atoms with Crippen molar-refractivity contribution in [3.63, 3.8) is 0 Å². The summed E-state index contributed by atoms with van der Waals surface area (Å²) < 4.78 is 0. The Labute approximate surface area is 143 Å². The summed E-state index contributed by atoms with van der Waals surface area (Å²) in [6.45, 7) is 0. The number of Topliss-reactive ketones (excluding diaryl/α,β-unsaturated/α-hetero) is 1. The Kier molecular flexibility index (Phi) is 6.19. The van der Waals surface area contributed by atoms with E-state index < -0.39 is 4.92 Å². The lowest BCUT2D eigenvalue weighted by Gasteiger charge is -2.05. The molecule has 2 aromatic rings. The number of rotatable bonds is 2. The molecule has 1 fully saturated rings. The average Bonchev–Trinajstić information content (AvgIpc) is 2.94. The summed E-state index contributed by atoms with van der Waals surface area (Å²) in [5.41, 5.74) is 0.838. The van der Waals surface area contributed by atoms with Crippen molar-refractivity contribution in [2.45, 2.75) is 32.1 Å². The number of aromatic amines is 1. The number of nitro benzene ring substituents is 1. The van der Waals surface area contributed by atoms with Crippen LogP contribution >= 0.6 is 23.2 Å². The number of nitro groups is 1. The van der Waals surface area contributed by atoms with E-state index in [0.29, 0.717) is 21.9 Å². The van der Waals surface area contributed by atoms with Crippen LogP contribution in [-0.4, -0.2) is 15.7 Å². The number of aromatic nitrogens is 1. The summed E-state index contributed by atoms with van der Waals surface area (Å²) in [6, 6.07) is 4.73. The molecule has 0 unspecified atom stereocenters. The maximum absolute atomic E-state index is 10.9. The van der Waals surface area contributed by atoms with E-state index >= 15 is 0 Å². The second-order valence-electron chi connectivity index (χ2n) is 5.21. The molecule has 1 saturated carbocycles. The molecule has 0 saturated heterocycles. The highest BCUT2D eigenvalue weighted by Gasteiger charge is 2.21. The van der Waals surface area contributed by atoms with Gasteiger partial charge in [-0.25, -0.2) is 0 Å². The standard InChI is InChI=1S/C10H6Cl2N2O2.C6H10O/c11-8-3-1-2-6(10(8)14(15)16)7-4-13-5-9(7)12;7-6-4-2-1-3-5-6/h1-5,13H;1-5H2. The number of hydrogen-bond donors (Lipinski definition) is 1. The van der Waals surface area contributed by atoms with Crippen LogP contribution in [0.15, 0.2) is 30.6 Å². The quantitative estimate of drug-likeness (QED) is 0.577. The fraction of sp³-hybridized carbons (Fsp3) is 0.312. The van der Waals surface area contributed by atoms with Crippen molar-refractivity contribution in [3.8, 4) is 11.1 Å². The van der Waals surface area contributed by atoms with Gasteiger partial charge in [0.05, 0.1) is 15.5 Å². The van der Waals surface area contributed by atoms with Gasteiger partial charge in [0.25, 0.3) is 5.69 Å². The second kappa shape index (κ2) is 8.13. The van der Waals surface area contributed by atoms with Gasteiger partial charge in [-0.1, -0.05) is 35.7 Å². The van der Waals surface area contributed by atoms with Crippen LogP contribution in [0.1, 0.15) is 32.1 Å². The molecule has 1 aromatic heterocycles. The minimum absolute atomic E-state index is 0.0970. The van der Waals surface area contributed by atoms with Gasteiger partial charge in [0.15, 0.2) is 0 Å². The number of benzene rings is 1. The SMILES string of the molecule is O=C1CCCCC1.O=[N+]([O-])c1c(Cl)cccc1-c1c[nH]cc1Cl. The molecule has 0 aliphatic heterocycles. The zero-order chi connectivity index (χ0) is 16.8. The maximum atomic E-state index is 10.9. The molecule has 1 aliphatic carbocycles. The predicted molar refractivity (Wildman–Crippen MR) is 91.0 cm³/mol. The lowest BCUT2D eigenvalue weighted by Crippen LogP contribution is -2.02. The second-order valence-corrected chi connectivity index (χ2v) is 6.02. The molecular weight excluding hydrogens is 339 g/mol. The predicted octanol–water partition coefficient (Wildman–Crippen LogP) is 5.42. The number of para-hydroxylation sites is 1. The molecular formula is C16H16Cl2N2O3. The van der Waals surface area contributed by atoms with E-state index in [1.807, 2.05) is 0 Å². The molecule has 122 valence electrons. The topological polar surface area (TPSA) is 76.0 Å². The number of carbonyl (C=O) groups excluding carboxylic acids is 1. The van der Waals surface area contributed by atoms with Crippen molar-refractivity contribution in [2.24, 2.45) is 0 Å². The summed E-state index contributed by atoms with van der Waals surface area (Å²) in [7, 11) is 0. The molecule has 0 amide bonds. The molecule has 23 heavy (non-hydrogen) atoms. The van der Waals surface area contributed by atoms with Crippen molar-refractivity contribution in [2.75, 3.05) is 0 Å². The smallest absolute Gasteiger partial charge is 0.295 e. The molecule has 0 bridgehead atoms. The Bertz CT molecular complexity index is 705. The van der Waals surface area contributed by atoms with E-state index in [2.05, 4.69) is 4.98 Å². The zero-order valence-electron chi connectivity index (χ0n) is 12.4. The van der Waals surface area contributed by atoms with Crippen LogP contribution in [0.4, 0.5) is 5.69 Å². The minimum Gasteiger partial charge on any atom is -0.366 e. The first-order chi connectivity index (χ1) is 11.0. The summed E-state index contributed by atoms with van der Waals surface area (Å²) >= 11 is 11.7. The first kappa shape index (κ1) is 17.5. The molecule has 3 rings (SSSR count). The highest BCUT2D eigenvalue weighted by Crippen LogP contribution is 2.38. The number of nitrogens with one attached hydrogen (secondary N) is 1. The third-order valence-electron chi connectivity index (χ3n) is 3.57. The number of nitrogens with zero attached hydrogens (tertiary/aromatic N) is 1. The monoisotopic (exact) mass is 354 g/mol. The van der Waals surface area contributed by atoms with Crippen molar-refractivity contribution < 1.29 is 9.72 Å². The van der Waals surface area contributed by atoms with Gasteiger partial charge in [0, 0.05) is 30.8 Å². The van der Waals surface area contributed by atoms with Gasteiger partial charge in [-0.05, 0) is 25.0 Å². The molecule has 1 aromatic carbocycles. The zero-order valence-corrected chi connectivity index (χ0v) is 13.9. The van der Waals surface area contributed by atoms with E-state index in [4.69, 9.17) is 23.2 Å². The highest BCUT2D eigenvalue weighted by atomic mass is 35.5. The van der Waals surface area contributed by atoms with Gasteiger partial charge in [0.1, 0.15) is 10.8 Å². The van der Waals surface area contributed by atoms with E-state index in [0.717, 1.165) is 25.7 Å². The van der Waals surface area contributed by atoms with Gasteiger partial charge < -0.3 is 4.98 Å². The van der Waals surface area contributed by atoms with Crippen LogP contribution in [0.3, 0.4) is 0 Å². The maximum Gasteiger partial charge on any atom is 0.295 e. The van der Waals surface area contributed by atoms with Gasteiger partial charge >= 0.3 is 0 Å². The fourth-order valence-corrected chi connectivity index (χ4v) is 2.88. The Morgan fingerprint density at radius 1 is 1.00 bits per heavy atom. The number of H-pyrrole nitrogens is 1. The number of halogens is 2. The van der Waals surface area contributed by atoms with Crippen LogP contribution in [0.5, 0.6) is 0 Å². The van der Waals surface area contributed by atoms with E-state index in [-0.39, 0.29) is 10.7 Å². The van der Waals surface area contributed by atoms with Crippen LogP contribution in [0.2, 0.25) is 10.0 Å². The summed E-state index contributed by atoms with van der Waals surface area (Å²) in [6.07, 6.45) is 8.39. The fourth-order valence-electron chi connectivity index (χ4n) is 2.42. The minimum atomic E-state index is -0.513. The molecule has 0 spiro atoms. The van der Waals surface area contributed by atoms with Crippen LogP contribution < -0.4 is 0 Å². The Balaban J connectivity index is 0.000000229. The summed E-state index contributed by atoms with van der Waals surface area (Å²) in [5.74, 6) is 0.464. The van der Waals surface area contributed by atoms with Crippen molar-refractivity contribution >= 4 is 34.7 Å². The highest BCUT2D eigenvalue weighted by molar-refractivity contribution is 6.35. The van der Waals surface area contributed by atoms with E-state index in [9.17, 15) is 14.9 Å². The molecule has 0 radical (unpaired) electrons.